The van der Waals surface area contributed by atoms with E-state index in [1.807, 2.05) is 51.2 Å². The van der Waals surface area contributed by atoms with E-state index in [2.05, 4.69) is 10.4 Å². The first-order valence-corrected chi connectivity index (χ1v) is 7.60. The zero-order valence-corrected chi connectivity index (χ0v) is 14.3. The molecule has 2 rings (SSSR count). The molecule has 23 heavy (non-hydrogen) atoms. The molecule has 6 heteroatoms. The van der Waals surface area contributed by atoms with Crippen LogP contribution in [0.1, 0.15) is 18.2 Å². The number of hydrogen-bond donors (Lipinski definition) is 1. The molecule has 0 saturated carbocycles. The van der Waals surface area contributed by atoms with Crippen molar-refractivity contribution in [2.45, 2.75) is 26.4 Å². The quantitative estimate of drug-likeness (QED) is 0.886. The summed E-state index contributed by atoms with van der Waals surface area (Å²) in [4.78, 5) is 13.5. The molecule has 0 bridgehead atoms. The summed E-state index contributed by atoms with van der Waals surface area (Å²) in [6, 6.07) is 9.32. The number of rotatable bonds is 6. The second-order valence-electron chi connectivity index (χ2n) is 5.74. The van der Waals surface area contributed by atoms with Crippen LogP contribution in [-0.2, 0) is 18.4 Å². The van der Waals surface area contributed by atoms with Gasteiger partial charge in [-0.05, 0) is 26.0 Å². The van der Waals surface area contributed by atoms with E-state index in [-0.39, 0.29) is 11.9 Å². The van der Waals surface area contributed by atoms with E-state index in [9.17, 15) is 4.79 Å². The molecule has 1 aromatic heterocycles. The second kappa shape index (κ2) is 7.28. The van der Waals surface area contributed by atoms with Crippen molar-refractivity contribution >= 4 is 5.91 Å². The molecule has 0 fully saturated rings. The van der Waals surface area contributed by atoms with Gasteiger partial charge in [0.1, 0.15) is 5.75 Å². The monoisotopic (exact) mass is 316 g/mol. The van der Waals surface area contributed by atoms with Gasteiger partial charge in [-0.1, -0.05) is 18.2 Å². The van der Waals surface area contributed by atoms with Crippen LogP contribution in [0.25, 0.3) is 0 Å². The summed E-state index contributed by atoms with van der Waals surface area (Å²) in [5.74, 6) is 1.48. The lowest BCUT2D eigenvalue weighted by Crippen LogP contribution is -2.41. The highest BCUT2D eigenvalue weighted by molar-refractivity contribution is 5.80. The Morgan fingerprint density at radius 3 is 2.61 bits per heavy atom. The molecule has 6 nitrogen and oxygen atoms in total. The summed E-state index contributed by atoms with van der Waals surface area (Å²) in [6.45, 7) is 4.31. The van der Waals surface area contributed by atoms with Crippen LogP contribution >= 0.6 is 0 Å². The molecular formula is C17H24N4O2. The maximum Gasteiger partial charge on any atom is 0.238 e. The van der Waals surface area contributed by atoms with Crippen LogP contribution in [0.3, 0.4) is 0 Å². The highest BCUT2D eigenvalue weighted by atomic mass is 16.5. The fourth-order valence-corrected chi connectivity index (χ4v) is 2.34. The van der Waals surface area contributed by atoms with Gasteiger partial charge in [0.05, 0.1) is 17.3 Å². The number of amides is 1. The average Bonchev–Trinajstić information content (AvgIpc) is 2.79. The van der Waals surface area contributed by atoms with Crippen LogP contribution in [0.4, 0.5) is 0 Å². The molecule has 2 aromatic rings. The summed E-state index contributed by atoms with van der Waals surface area (Å²) in [5, 5.41) is 7.66. The number of hydrogen-bond acceptors (Lipinski definition) is 4. The van der Waals surface area contributed by atoms with Crippen LogP contribution < -0.4 is 10.1 Å². The van der Waals surface area contributed by atoms with Crippen molar-refractivity contribution < 1.29 is 9.53 Å². The first-order valence-electron chi connectivity index (χ1n) is 7.60. The molecule has 1 aromatic carbocycles. The number of para-hydroxylation sites is 1. The third-order valence-corrected chi connectivity index (χ3v) is 3.64. The summed E-state index contributed by atoms with van der Waals surface area (Å²) < 4.78 is 7.69. The van der Waals surface area contributed by atoms with Crippen LogP contribution in [0, 0.1) is 6.92 Å². The third-order valence-electron chi connectivity index (χ3n) is 3.64. The summed E-state index contributed by atoms with van der Waals surface area (Å²) in [7, 11) is 5.35. The van der Waals surface area contributed by atoms with Gasteiger partial charge in [0.2, 0.25) is 11.8 Å². The number of carbonyl (C=O) groups excluding carboxylic acids is 1. The molecular weight excluding hydrogens is 292 g/mol. The van der Waals surface area contributed by atoms with Crippen molar-refractivity contribution in [2.24, 2.45) is 7.05 Å². The lowest BCUT2D eigenvalue weighted by Gasteiger charge is -2.18. The Hall–Kier alpha value is -2.34. The molecule has 0 saturated heterocycles. The first-order chi connectivity index (χ1) is 10.9. The SMILES string of the molecule is Cc1nn(C)c(Oc2ccccc2)c1CN[C@@H](C)C(=O)N(C)C. The standard InChI is InChI=1S/C17H24N4O2/c1-12-15(11-18-13(2)16(22)20(3)4)17(21(5)19-12)23-14-9-7-6-8-10-14/h6-10,13,18H,11H2,1-5H3/t13-/m0/s1. The van der Waals surface area contributed by atoms with E-state index in [0.29, 0.717) is 12.4 Å². The number of carbonyl (C=O) groups is 1. The second-order valence-corrected chi connectivity index (χ2v) is 5.74. The molecule has 0 unspecified atom stereocenters. The van der Waals surface area contributed by atoms with Gasteiger partial charge in [0.25, 0.3) is 0 Å². The number of ether oxygens (including phenoxy) is 1. The maximum atomic E-state index is 11.9. The average molecular weight is 316 g/mol. The van der Waals surface area contributed by atoms with Crippen molar-refractivity contribution in [3.8, 4) is 11.6 Å². The molecule has 1 N–H and O–H groups in total. The van der Waals surface area contributed by atoms with Crippen molar-refractivity contribution in [3.05, 3.63) is 41.6 Å². The number of nitrogens with zero attached hydrogens (tertiary/aromatic N) is 3. The Kier molecular flexibility index (Phi) is 5.39. The largest absolute Gasteiger partial charge is 0.439 e. The first kappa shape index (κ1) is 17.0. The van der Waals surface area contributed by atoms with Gasteiger partial charge in [-0.2, -0.15) is 5.10 Å². The Labute approximate surface area is 137 Å². The zero-order valence-electron chi connectivity index (χ0n) is 14.3. The highest BCUT2D eigenvalue weighted by Gasteiger charge is 2.19. The summed E-state index contributed by atoms with van der Waals surface area (Å²) in [6.07, 6.45) is 0. The Bertz CT molecular complexity index is 665. The van der Waals surface area contributed by atoms with Gasteiger partial charge < -0.3 is 15.0 Å². The van der Waals surface area contributed by atoms with E-state index in [0.717, 1.165) is 17.0 Å². The van der Waals surface area contributed by atoms with Crippen molar-refractivity contribution in [2.75, 3.05) is 14.1 Å². The number of aromatic nitrogens is 2. The minimum atomic E-state index is -0.269. The normalized spacial score (nSPS) is 12.0. The smallest absolute Gasteiger partial charge is 0.238 e. The molecule has 1 amide bonds. The van der Waals surface area contributed by atoms with Crippen LogP contribution in [0.5, 0.6) is 11.6 Å². The molecule has 0 aliphatic carbocycles. The Morgan fingerprint density at radius 1 is 1.35 bits per heavy atom. The fourth-order valence-electron chi connectivity index (χ4n) is 2.34. The molecule has 1 heterocycles. The zero-order chi connectivity index (χ0) is 17.0. The van der Waals surface area contributed by atoms with E-state index in [4.69, 9.17) is 4.74 Å². The molecule has 0 radical (unpaired) electrons. The maximum absolute atomic E-state index is 11.9. The van der Waals surface area contributed by atoms with Gasteiger partial charge in [-0.15, -0.1) is 0 Å². The van der Waals surface area contributed by atoms with E-state index < -0.39 is 0 Å². The van der Waals surface area contributed by atoms with Crippen molar-refractivity contribution in [1.29, 1.82) is 0 Å². The van der Waals surface area contributed by atoms with E-state index >= 15 is 0 Å². The summed E-state index contributed by atoms with van der Waals surface area (Å²) >= 11 is 0. The minimum Gasteiger partial charge on any atom is -0.439 e. The predicted molar refractivity (Wildman–Crippen MR) is 89.5 cm³/mol. The topological polar surface area (TPSA) is 59.4 Å². The lowest BCUT2D eigenvalue weighted by atomic mass is 10.2. The predicted octanol–water partition coefficient (Wildman–Crippen LogP) is 2.09. The van der Waals surface area contributed by atoms with Gasteiger partial charge in [0, 0.05) is 27.7 Å². The van der Waals surface area contributed by atoms with Gasteiger partial charge in [-0.3, -0.25) is 4.79 Å². The lowest BCUT2D eigenvalue weighted by molar-refractivity contribution is -0.130. The Morgan fingerprint density at radius 2 is 2.00 bits per heavy atom. The Balaban J connectivity index is 2.14. The van der Waals surface area contributed by atoms with Crippen LogP contribution in [0.2, 0.25) is 0 Å². The van der Waals surface area contributed by atoms with Crippen molar-refractivity contribution in [1.82, 2.24) is 20.0 Å². The van der Waals surface area contributed by atoms with Gasteiger partial charge >= 0.3 is 0 Å². The van der Waals surface area contributed by atoms with Crippen molar-refractivity contribution in [3.63, 3.8) is 0 Å². The molecule has 0 aliphatic heterocycles. The molecule has 124 valence electrons. The fraction of sp³-hybridized carbons (Fsp3) is 0.412. The molecule has 0 aliphatic rings. The van der Waals surface area contributed by atoms with Crippen LogP contribution in [0.15, 0.2) is 30.3 Å². The van der Waals surface area contributed by atoms with E-state index in [1.165, 1.54) is 0 Å². The molecule has 0 spiro atoms. The number of likely N-dealkylation sites (N-methyl/N-ethyl adjacent to an activating group) is 1. The number of nitrogens with one attached hydrogen (secondary N) is 1. The third kappa shape index (κ3) is 4.10. The number of aryl methyl sites for hydroxylation is 2. The summed E-state index contributed by atoms with van der Waals surface area (Å²) in [5.41, 5.74) is 1.84. The van der Waals surface area contributed by atoms with Crippen LogP contribution in [-0.4, -0.2) is 40.7 Å². The molecule has 1 atom stereocenters. The highest BCUT2D eigenvalue weighted by Crippen LogP contribution is 2.27. The van der Waals surface area contributed by atoms with Gasteiger partial charge in [0.15, 0.2) is 0 Å². The number of benzene rings is 1. The van der Waals surface area contributed by atoms with Gasteiger partial charge in [-0.25, -0.2) is 4.68 Å². The minimum absolute atomic E-state index is 0.0390. The van der Waals surface area contributed by atoms with E-state index in [1.54, 1.807) is 23.7 Å².